The van der Waals surface area contributed by atoms with Crippen LogP contribution in [0.1, 0.15) is 0 Å². The maximum atomic E-state index is 14.2. The number of methoxy groups -OCH3 is 2. The quantitative estimate of drug-likeness (QED) is 0.737. The zero-order valence-electron chi connectivity index (χ0n) is 12.8. The van der Waals surface area contributed by atoms with E-state index in [1.54, 1.807) is 24.4 Å². The molecule has 0 aliphatic carbocycles. The summed E-state index contributed by atoms with van der Waals surface area (Å²) in [6, 6.07) is 7.03. The van der Waals surface area contributed by atoms with E-state index in [2.05, 4.69) is 14.9 Å². The fraction of sp³-hybridized carbons (Fsp3) is 0.133. The van der Waals surface area contributed by atoms with Crippen LogP contribution < -0.4 is 14.2 Å². The third-order valence-corrected chi connectivity index (χ3v) is 4.83. The maximum Gasteiger partial charge on any atom is 0.265 e. The zero-order chi connectivity index (χ0) is 17.3. The van der Waals surface area contributed by atoms with Gasteiger partial charge in [0.1, 0.15) is 10.7 Å². The third kappa shape index (κ3) is 2.73. The van der Waals surface area contributed by atoms with Crippen LogP contribution in [0.3, 0.4) is 0 Å². The minimum Gasteiger partial charge on any atom is -0.493 e. The highest BCUT2D eigenvalue weighted by atomic mass is 32.2. The predicted octanol–water partition coefficient (Wildman–Crippen LogP) is 2.52. The highest BCUT2D eigenvalue weighted by Crippen LogP contribution is 2.33. The van der Waals surface area contributed by atoms with E-state index < -0.39 is 20.7 Å². The Balaban J connectivity index is 2.07. The number of sulfonamides is 1. The molecule has 7 nitrogen and oxygen atoms in total. The molecule has 24 heavy (non-hydrogen) atoms. The number of halogens is 1. The molecule has 0 aliphatic rings. The SMILES string of the molecule is COc1cc(F)c(S(=O)(=O)Nc2cccc3cn[nH]c23)cc1OC. The number of hydrogen-bond donors (Lipinski definition) is 2. The van der Waals surface area contributed by atoms with E-state index in [0.717, 1.165) is 17.5 Å². The number of hydrogen-bond acceptors (Lipinski definition) is 5. The number of nitrogens with zero attached hydrogens (tertiary/aromatic N) is 1. The summed E-state index contributed by atoms with van der Waals surface area (Å²) in [4.78, 5) is -0.545. The fourth-order valence-electron chi connectivity index (χ4n) is 2.30. The van der Waals surface area contributed by atoms with Gasteiger partial charge >= 0.3 is 0 Å². The van der Waals surface area contributed by atoms with E-state index in [0.29, 0.717) is 5.52 Å². The van der Waals surface area contributed by atoms with Crippen LogP contribution in [-0.4, -0.2) is 32.8 Å². The van der Waals surface area contributed by atoms with Crippen molar-refractivity contribution in [2.45, 2.75) is 4.90 Å². The van der Waals surface area contributed by atoms with Crippen LogP contribution in [0.5, 0.6) is 11.5 Å². The molecule has 0 aliphatic heterocycles. The molecule has 126 valence electrons. The van der Waals surface area contributed by atoms with Crippen molar-refractivity contribution in [2.75, 3.05) is 18.9 Å². The van der Waals surface area contributed by atoms with Crippen molar-refractivity contribution >= 4 is 26.6 Å². The molecule has 2 aromatic carbocycles. The van der Waals surface area contributed by atoms with Gasteiger partial charge in [0.05, 0.1) is 31.6 Å². The molecule has 0 unspecified atom stereocenters. The third-order valence-electron chi connectivity index (χ3n) is 3.45. The van der Waals surface area contributed by atoms with E-state index in [1.165, 1.54) is 14.2 Å². The molecule has 0 amide bonds. The van der Waals surface area contributed by atoms with Gasteiger partial charge in [0.2, 0.25) is 0 Å². The second kappa shape index (κ2) is 6.00. The molecule has 0 spiro atoms. The summed E-state index contributed by atoms with van der Waals surface area (Å²) in [7, 11) is -1.51. The van der Waals surface area contributed by atoms with Crippen molar-refractivity contribution in [3.8, 4) is 11.5 Å². The largest absolute Gasteiger partial charge is 0.493 e. The molecule has 0 saturated heterocycles. The molecule has 0 bridgehead atoms. The summed E-state index contributed by atoms with van der Waals surface area (Å²) in [6.07, 6.45) is 1.56. The van der Waals surface area contributed by atoms with Gasteiger partial charge in [-0.15, -0.1) is 0 Å². The number of para-hydroxylation sites is 1. The van der Waals surface area contributed by atoms with Gasteiger partial charge in [-0.2, -0.15) is 5.10 Å². The summed E-state index contributed by atoms with van der Waals surface area (Å²) in [5.74, 6) is -0.736. The van der Waals surface area contributed by atoms with Crippen LogP contribution in [0, 0.1) is 5.82 Å². The highest BCUT2D eigenvalue weighted by Gasteiger charge is 2.23. The van der Waals surface area contributed by atoms with Gasteiger partial charge in [0.25, 0.3) is 10.0 Å². The first-order valence-corrected chi connectivity index (χ1v) is 8.31. The van der Waals surface area contributed by atoms with Crippen molar-refractivity contribution in [3.63, 3.8) is 0 Å². The second-order valence-electron chi connectivity index (χ2n) is 4.88. The Morgan fingerprint density at radius 2 is 1.88 bits per heavy atom. The molecule has 0 fully saturated rings. The normalized spacial score (nSPS) is 11.5. The average molecular weight is 351 g/mol. The number of anilines is 1. The van der Waals surface area contributed by atoms with E-state index in [1.807, 2.05) is 0 Å². The molecular weight excluding hydrogens is 337 g/mol. The van der Waals surface area contributed by atoms with Gasteiger partial charge in [0, 0.05) is 17.5 Å². The molecule has 3 rings (SSSR count). The van der Waals surface area contributed by atoms with E-state index in [4.69, 9.17) is 9.47 Å². The summed E-state index contributed by atoms with van der Waals surface area (Å²) in [5, 5.41) is 7.29. The first-order chi connectivity index (χ1) is 11.5. The highest BCUT2D eigenvalue weighted by molar-refractivity contribution is 7.92. The smallest absolute Gasteiger partial charge is 0.265 e. The average Bonchev–Trinajstić information content (AvgIpc) is 3.03. The second-order valence-corrected chi connectivity index (χ2v) is 6.53. The molecule has 0 atom stereocenters. The van der Waals surface area contributed by atoms with E-state index in [-0.39, 0.29) is 17.2 Å². The summed E-state index contributed by atoms with van der Waals surface area (Å²) >= 11 is 0. The van der Waals surface area contributed by atoms with E-state index >= 15 is 0 Å². The van der Waals surface area contributed by atoms with Crippen molar-refractivity contribution in [1.82, 2.24) is 10.2 Å². The van der Waals surface area contributed by atoms with Crippen molar-refractivity contribution in [3.05, 3.63) is 42.3 Å². The Bertz CT molecular complexity index is 1000. The van der Waals surface area contributed by atoms with Gasteiger partial charge in [0.15, 0.2) is 11.5 Å². The minimum absolute atomic E-state index is 0.101. The van der Waals surface area contributed by atoms with Crippen LogP contribution in [0.25, 0.3) is 10.9 Å². The van der Waals surface area contributed by atoms with Gasteiger partial charge in [-0.05, 0) is 6.07 Å². The van der Waals surface area contributed by atoms with Crippen LogP contribution in [0.4, 0.5) is 10.1 Å². The lowest BCUT2D eigenvalue weighted by Gasteiger charge is -2.13. The molecule has 0 radical (unpaired) electrons. The number of aromatic amines is 1. The Morgan fingerprint density at radius 1 is 1.17 bits per heavy atom. The number of fused-ring (bicyclic) bond motifs is 1. The van der Waals surface area contributed by atoms with Crippen molar-refractivity contribution in [1.29, 1.82) is 0 Å². The number of benzene rings is 2. The lowest BCUT2D eigenvalue weighted by atomic mass is 10.2. The molecule has 1 heterocycles. The predicted molar refractivity (Wildman–Crippen MR) is 86.4 cm³/mol. The van der Waals surface area contributed by atoms with Crippen LogP contribution in [0.2, 0.25) is 0 Å². The Morgan fingerprint density at radius 3 is 2.58 bits per heavy atom. The van der Waals surface area contributed by atoms with Gasteiger partial charge in [-0.1, -0.05) is 12.1 Å². The molecule has 2 N–H and O–H groups in total. The van der Waals surface area contributed by atoms with Crippen molar-refractivity contribution in [2.24, 2.45) is 0 Å². The first kappa shape index (κ1) is 16.1. The number of ether oxygens (including phenoxy) is 2. The lowest BCUT2D eigenvalue weighted by Crippen LogP contribution is -2.15. The van der Waals surface area contributed by atoms with Gasteiger partial charge < -0.3 is 9.47 Å². The Labute approximate surface area is 137 Å². The molecule has 3 aromatic rings. The molecule has 1 aromatic heterocycles. The maximum absolute atomic E-state index is 14.2. The van der Waals surface area contributed by atoms with Gasteiger partial charge in [-0.3, -0.25) is 9.82 Å². The summed E-state index contributed by atoms with van der Waals surface area (Å²) in [6.45, 7) is 0. The number of aromatic nitrogens is 2. The monoisotopic (exact) mass is 351 g/mol. The van der Waals surface area contributed by atoms with Gasteiger partial charge in [-0.25, -0.2) is 12.8 Å². The minimum atomic E-state index is -4.18. The Hall–Kier alpha value is -2.81. The molecule has 0 saturated carbocycles. The summed E-state index contributed by atoms with van der Waals surface area (Å²) in [5.41, 5.74) is 0.765. The first-order valence-electron chi connectivity index (χ1n) is 6.82. The summed E-state index contributed by atoms with van der Waals surface area (Å²) < 4.78 is 51.7. The van der Waals surface area contributed by atoms with E-state index in [9.17, 15) is 12.8 Å². The fourth-order valence-corrected chi connectivity index (χ4v) is 3.44. The van der Waals surface area contributed by atoms with Crippen LogP contribution in [-0.2, 0) is 10.0 Å². The van der Waals surface area contributed by atoms with Crippen molar-refractivity contribution < 1.29 is 22.3 Å². The topological polar surface area (TPSA) is 93.3 Å². The molecule has 9 heteroatoms. The van der Waals surface area contributed by atoms with Crippen LogP contribution >= 0.6 is 0 Å². The number of rotatable bonds is 5. The number of H-pyrrole nitrogens is 1. The Kier molecular flexibility index (Phi) is 4.02. The zero-order valence-corrected chi connectivity index (χ0v) is 13.6. The van der Waals surface area contributed by atoms with Crippen LogP contribution in [0.15, 0.2) is 41.4 Å². The lowest BCUT2D eigenvalue weighted by molar-refractivity contribution is 0.350. The standard InChI is InChI=1S/C15H14FN3O4S/c1-22-12-6-10(16)14(7-13(12)23-2)24(20,21)19-11-5-3-4-9-8-17-18-15(9)11/h3-8,19H,1-2H3,(H,17,18). The number of nitrogens with one attached hydrogen (secondary N) is 2. The molecular formula is C15H14FN3O4S.